The molecule has 0 heterocycles. The molecule has 1 aliphatic rings. The van der Waals surface area contributed by atoms with Crippen LogP contribution >= 0.6 is 0 Å². The third kappa shape index (κ3) is 3.50. The normalized spacial score (nSPS) is 22.8. The van der Waals surface area contributed by atoms with Crippen molar-refractivity contribution in [2.24, 2.45) is 5.92 Å². The van der Waals surface area contributed by atoms with Crippen LogP contribution in [0.3, 0.4) is 0 Å². The van der Waals surface area contributed by atoms with Crippen molar-refractivity contribution in [2.45, 2.75) is 44.6 Å². The molecule has 0 aromatic carbocycles. The first-order valence-electron chi connectivity index (χ1n) is 5.09. The Kier molecular flexibility index (Phi) is 3.67. The summed E-state index contributed by atoms with van der Waals surface area (Å²) < 4.78 is 25.6. The van der Waals surface area contributed by atoms with Crippen LogP contribution in [-0.4, -0.2) is 17.9 Å². The van der Waals surface area contributed by atoms with Gasteiger partial charge in [0.1, 0.15) is 0 Å². The van der Waals surface area contributed by atoms with Crippen molar-refractivity contribution < 1.29 is 13.6 Å². The first-order chi connectivity index (χ1) is 6.94. The SMILES string of the molecule is C#CC(C)NC(=O)C1CCC(F)(F)CC1. The minimum atomic E-state index is -2.59. The Morgan fingerprint density at radius 1 is 1.53 bits per heavy atom. The predicted octanol–water partition coefficient (Wildman–Crippen LogP) is 1.95. The summed E-state index contributed by atoms with van der Waals surface area (Å²) in [6.07, 6.45) is 5.20. The molecule has 0 spiro atoms. The minimum Gasteiger partial charge on any atom is -0.343 e. The average molecular weight is 215 g/mol. The van der Waals surface area contributed by atoms with E-state index < -0.39 is 5.92 Å². The quantitative estimate of drug-likeness (QED) is 0.701. The van der Waals surface area contributed by atoms with Gasteiger partial charge in [-0.3, -0.25) is 4.79 Å². The zero-order valence-electron chi connectivity index (χ0n) is 8.72. The van der Waals surface area contributed by atoms with Crippen molar-refractivity contribution in [3.8, 4) is 12.3 Å². The number of terminal acetylenes is 1. The number of rotatable bonds is 2. The molecule has 0 aromatic heterocycles. The molecule has 1 N–H and O–H groups in total. The first kappa shape index (κ1) is 12.0. The maximum absolute atomic E-state index is 12.8. The van der Waals surface area contributed by atoms with E-state index in [1.165, 1.54) is 0 Å². The average Bonchev–Trinajstić information content (AvgIpc) is 2.17. The first-order valence-corrected chi connectivity index (χ1v) is 5.09. The highest BCUT2D eigenvalue weighted by molar-refractivity contribution is 5.79. The molecule has 1 amide bonds. The second-order valence-electron chi connectivity index (χ2n) is 4.03. The van der Waals surface area contributed by atoms with E-state index in [0.29, 0.717) is 0 Å². The van der Waals surface area contributed by atoms with Crippen LogP contribution < -0.4 is 5.32 Å². The van der Waals surface area contributed by atoms with E-state index in [9.17, 15) is 13.6 Å². The number of alkyl halides is 2. The Bertz CT molecular complexity index is 273. The van der Waals surface area contributed by atoms with Crippen molar-refractivity contribution in [1.29, 1.82) is 0 Å². The van der Waals surface area contributed by atoms with E-state index in [4.69, 9.17) is 6.42 Å². The molecule has 1 fully saturated rings. The summed E-state index contributed by atoms with van der Waals surface area (Å²) in [5, 5.41) is 2.61. The molecule has 4 heteroatoms. The van der Waals surface area contributed by atoms with Crippen LogP contribution in [0.25, 0.3) is 0 Å². The topological polar surface area (TPSA) is 29.1 Å². The Morgan fingerprint density at radius 3 is 2.53 bits per heavy atom. The van der Waals surface area contributed by atoms with E-state index in [-0.39, 0.29) is 43.6 Å². The zero-order valence-corrected chi connectivity index (χ0v) is 8.72. The summed E-state index contributed by atoms with van der Waals surface area (Å²) in [6, 6.07) is -0.333. The number of carbonyl (C=O) groups is 1. The smallest absolute Gasteiger partial charge is 0.248 e. The van der Waals surface area contributed by atoms with Gasteiger partial charge in [0.05, 0.1) is 6.04 Å². The van der Waals surface area contributed by atoms with Crippen LogP contribution in [0, 0.1) is 18.3 Å². The lowest BCUT2D eigenvalue weighted by Crippen LogP contribution is -2.39. The monoisotopic (exact) mass is 215 g/mol. The maximum Gasteiger partial charge on any atom is 0.248 e. The van der Waals surface area contributed by atoms with Crippen molar-refractivity contribution in [3.05, 3.63) is 0 Å². The van der Waals surface area contributed by atoms with Crippen LogP contribution in [0.2, 0.25) is 0 Å². The highest BCUT2D eigenvalue weighted by Gasteiger charge is 2.37. The molecule has 1 rings (SSSR count). The van der Waals surface area contributed by atoms with Gasteiger partial charge in [-0.15, -0.1) is 6.42 Å². The second-order valence-corrected chi connectivity index (χ2v) is 4.03. The Hall–Kier alpha value is -1.11. The third-order valence-electron chi connectivity index (χ3n) is 2.70. The van der Waals surface area contributed by atoms with Gasteiger partial charge in [-0.25, -0.2) is 8.78 Å². The number of nitrogens with one attached hydrogen (secondary N) is 1. The molecular formula is C11H15F2NO. The van der Waals surface area contributed by atoms with Crippen LogP contribution in [0.5, 0.6) is 0 Å². The van der Waals surface area contributed by atoms with E-state index in [1.54, 1.807) is 6.92 Å². The molecule has 0 saturated heterocycles. The molecular weight excluding hydrogens is 200 g/mol. The summed E-state index contributed by atoms with van der Waals surface area (Å²) in [7, 11) is 0. The van der Waals surface area contributed by atoms with Crippen molar-refractivity contribution in [2.75, 3.05) is 0 Å². The Morgan fingerprint density at radius 2 is 2.07 bits per heavy atom. The molecule has 1 atom stereocenters. The lowest BCUT2D eigenvalue weighted by Gasteiger charge is -2.27. The lowest BCUT2D eigenvalue weighted by molar-refractivity contribution is -0.129. The van der Waals surface area contributed by atoms with Crippen LogP contribution in [0.4, 0.5) is 8.78 Å². The number of halogens is 2. The predicted molar refractivity (Wildman–Crippen MR) is 53.3 cm³/mol. The summed E-state index contributed by atoms with van der Waals surface area (Å²) in [5.41, 5.74) is 0. The van der Waals surface area contributed by atoms with E-state index >= 15 is 0 Å². The van der Waals surface area contributed by atoms with Gasteiger partial charge in [0.15, 0.2) is 0 Å². The molecule has 15 heavy (non-hydrogen) atoms. The van der Waals surface area contributed by atoms with Gasteiger partial charge in [-0.1, -0.05) is 5.92 Å². The minimum absolute atomic E-state index is 0.198. The summed E-state index contributed by atoms with van der Waals surface area (Å²) >= 11 is 0. The maximum atomic E-state index is 12.8. The number of hydrogen-bond acceptors (Lipinski definition) is 1. The Labute approximate surface area is 88.4 Å². The van der Waals surface area contributed by atoms with Gasteiger partial charge in [0.25, 0.3) is 0 Å². The number of hydrogen-bond donors (Lipinski definition) is 1. The van der Waals surface area contributed by atoms with E-state index in [1.807, 2.05) is 0 Å². The summed E-state index contributed by atoms with van der Waals surface area (Å²) in [4.78, 5) is 11.5. The fourth-order valence-electron chi connectivity index (χ4n) is 1.68. The highest BCUT2D eigenvalue weighted by Crippen LogP contribution is 2.36. The standard InChI is InChI=1S/C11H15F2NO/c1-3-8(2)14-10(15)9-4-6-11(12,13)7-5-9/h1,8-9H,4-7H2,2H3,(H,14,15). The third-order valence-corrected chi connectivity index (χ3v) is 2.70. The van der Waals surface area contributed by atoms with Crippen LogP contribution in [-0.2, 0) is 4.79 Å². The largest absolute Gasteiger partial charge is 0.343 e. The molecule has 1 saturated carbocycles. The highest BCUT2D eigenvalue weighted by atomic mass is 19.3. The van der Waals surface area contributed by atoms with Gasteiger partial charge in [0, 0.05) is 18.8 Å². The van der Waals surface area contributed by atoms with Gasteiger partial charge >= 0.3 is 0 Å². The van der Waals surface area contributed by atoms with Crippen molar-refractivity contribution >= 4 is 5.91 Å². The molecule has 1 aliphatic carbocycles. The van der Waals surface area contributed by atoms with Crippen molar-refractivity contribution in [1.82, 2.24) is 5.32 Å². The summed E-state index contributed by atoms with van der Waals surface area (Å²) in [6.45, 7) is 1.69. The number of carbonyl (C=O) groups excluding carboxylic acids is 1. The number of amides is 1. The van der Waals surface area contributed by atoms with Gasteiger partial charge in [-0.05, 0) is 19.8 Å². The molecule has 84 valence electrons. The molecule has 0 radical (unpaired) electrons. The molecule has 2 nitrogen and oxygen atoms in total. The molecule has 0 aromatic rings. The zero-order chi connectivity index (χ0) is 11.5. The van der Waals surface area contributed by atoms with Crippen LogP contribution in [0.15, 0.2) is 0 Å². The van der Waals surface area contributed by atoms with Gasteiger partial charge in [-0.2, -0.15) is 0 Å². The summed E-state index contributed by atoms with van der Waals surface area (Å²) in [5.74, 6) is -0.721. The molecule has 0 aliphatic heterocycles. The van der Waals surface area contributed by atoms with E-state index in [2.05, 4.69) is 11.2 Å². The molecule has 1 unspecified atom stereocenters. The fourth-order valence-corrected chi connectivity index (χ4v) is 1.68. The van der Waals surface area contributed by atoms with Gasteiger partial charge < -0.3 is 5.32 Å². The molecule has 0 bridgehead atoms. The van der Waals surface area contributed by atoms with Crippen LogP contribution in [0.1, 0.15) is 32.6 Å². The van der Waals surface area contributed by atoms with E-state index in [0.717, 1.165) is 0 Å². The fraction of sp³-hybridized carbons (Fsp3) is 0.727. The Balaban J connectivity index is 2.41. The van der Waals surface area contributed by atoms with Crippen molar-refractivity contribution in [3.63, 3.8) is 0 Å². The second kappa shape index (κ2) is 4.61. The lowest BCUT2D eigenvalue weighted by atomic mass is 9.86. The van der Waals surface area contributed by atoms with Gasteiger partial charge in [0.2, 0.25) is 11.8 Å².